The molecule has 0 aromatic carbocycles. The van der Waals surface area contributed by atoms with Crippen LogP contribution < -0.4 is 5.32 Å². The van der Waals surface area contributed by atoms with Crippen molar-refractivity contribution in [3.8, 4) is 0 Å². The minimum atomic E-state index is -0.0125. The second kappa shape index (κ2) is 4.94. The smallest absolute Gasteiger partial charge is 0.240 e. The predicted molar refractivity (Wildman–Crippen MR) is 68.5 cm³/mol. The number of hydrogen-bond acceptors (Lipinski definition) is 3. The number of likely N-dealkylation sites (tertiary alicyclic amines) is 1. The molecule has 17 heavy (non-hydrogen) atoms. The van der Waals surface area contributed by atoms with Crippen molar-refractivity contribution in [2.24, 2.45) is 11.8 Å². The van der Waals surface area contributed by atoms with Gasteiger partial charge in [-0.25, -0.2) is 0 Å². The number of rotatable bonds is 3. The van der Waals surface area contributed by atoms with Gasteiger partial charge < -0.3 is 9.80 Å². The van der Waals surface area contributed by atoms with Gasteiger partial charge in [-0.05, 0) is 38.8 Å². The number of nitrogens with zero attached hydrogens (tertiary/aromatic N) is 2. The topological polar surface area (TPSA) is 35.6 Å². The third kappa shape index (κ3) is 2.63. The van der Waals surface area contributed by atoms with Gasteiger partial charge in [-0.3, -0.25) is 10.1 Å². The Hall–Kier alpha value is -0.610. The molecule has 0 spiro atoms. The molecule has 0 aromatic rings. The fourth-order valence-electron chi connectivity index (χ4n) is 3.01. The van der Waals surface area contributed by atoms with Crippen molar-refractivity contribution >= 4 is 5.91 Å². The highest BCUT2D eigenvalue weighted by atomic mass is 16.2. The quantitative estimate of drug-likeness (QED) is 0.789. The molecule has 0 radical (unpaired) electrons. The van der Waals surface area contributed by atoms with Crippen LogP contribution in [0.2, 0.25) is 0 Å². The van der Waals surface area contributed by atoms with E-state index in [0.29, 0.717) is 11.8 Å². The van der Waals surface area contributed by atoms with Gasteiger partial charge in [0, 0.05) is 13.1 Å². The molecule has 4 heteroatoms. The van der Waals surface area contributed by atoms with E-state index in [0.717, 1.165) is 13.1 Å². The average molecular weight is 239 g/mol. The first kappa shape index (κ1) is 12.8. The van der Waals surface area contributed by atoms with Crippen molar-refractivity contribution in [3.05, 3.63) is 0 Å². The highest BCUT2D eigenvalue weighted by Crippen LogP contribution is 2.22. The summed E-state index contributed by atoms with van der Waals surface area (Å²) in [6.45, 7) is 9.54. The Balaban J connectivity index is 1.99. The molecule has 0 aliphatic carbocycles. The zero-order chi connectivity index (χ0) is 12.6. The summed E-state index contributed by atoms with van der Waals surface area (Å²) < 4.78 is 0. The normalized spacial score (nSPS) is 35.2. The molecule has 4 nitrogen and oxygen atoms in total. The van der Waals surface area contributed by atoms with Crippen LogP contribution in [0.5, 0.6) is 0 Å². The summed E-state index contributed by atoms with van der Waals surface area (Å²) in [5.41, 5.74) is 0. The third-order valence-corrected chi connectivity index (χ3v) is 3.99. The maximum Gasteiger partial charge on any atom is 0.240 e. The number of hydrogen-bond donors (Lipinski definition) is 1. The second-order valence-electron chi connectivity index (χ2n) is 5.98. The Labute approximate surface area is 104 Å². The fraction of sp³-hybridized carbons (Fsp3) is 0.923. The molecule has 2 saturated heterocycles. The predicted octanol–water partition coefficient (Wildman–Crippen LogP) is 0.741. The molecule has 1 N–H and O–H groups in total. The number of nitrogens with one attached hydrogen (secondary N) is 1. The standard InChI is InChI=1S/C13H25N3O/c1-9(2)12-14-10(3)13(17)16(12)8-11-5-6-15(4)7-11/h9-12,14H,5-8H2,1-4H3. The van der Waals surface area contributed by atoms with Crippen LogP contribution in [0, 0.1) is 11.8 Å². The van der Waals surface area contributed by atoms with E-state index in [2.05, 4.69) is 36.0 Å². The van der Waals surface area contributed by atoms with E-state index in [4.69, 9.17) is 0 Å². The lowest BCUT2D eigenvalue weighted by Gasteiger charge is -2.29. The van der Waals surface area contributed by atoms with Crippen LogP contribution in [0.3, 0.4) is 0 Å². The molecule has 2 fully saturated rings. The Kier molecular flexibility index (Phi) is 3.73. The molecule has 2 aliphatic heterocycles. The van der Waals surface area contributed by atoms with Crippen LogP contribution in [0.4, 0.5) is 0 Å². The van der Waals surface area contributed by atoms with Crippen LogP contribution in [-0.2, 0) is 4.79 Å². The van der Waals surface area contributed by atoms with Gasteiger partial charge in [0.25, 0.3) is 0 Å². The Bertz CT molecular complexity index is 292. The maximum atomic E-state index is 12.1. The van der Waals surface area contributed by atoms with Crippen molar-refractivity contribution in [2.45, 2.75) is 39.4 Å². The van der Waals surface area contributed by atoms with E-state index < -0.39 is 0 Å². The summed E-state index contributed by atoms with van der Waals surface area (Å²) in [7, 11) is 2.16. The van der Waals surface area contributed by atoms with Gasteiger partial charge in [-0.1, -0.05) is 13.8 Å². The summed E-state index contributed by atoms with van der Waals surface area (Å²) >= 11 is 0. The minimum Gasteiger partial charge on any atom is -0.325 e. The Morgan fingerprint density at radius 2 is 2.18 bits per heavy atom. The highest BCUT2D eigenvalue weighted by Gasteiger charge is 2.39. The summed E-state index contributed by atoms with van der Waals surface area (Å²) in [5, 5.41) is 3.40. The second-order valence-corrected chi connectivity index (χ2v) is 5.98. The summed E-state index contributed by atoms with van der Waals surface area (Å²) in [6, 6.07) is -0.0125. The van der Waals surface area contributed by atoms with Gasteiger partial charge >= 0.3 is 0 Å². The van der Waals surface area contributed by atoms with E-state index in [1.165, 1.54) is 13.0 Å². The lowest BCUT2D eigenvalue weighted by Crippen LogP contribution is -2.44. The van der Waals surface area contributed by atoms with E-state index in [-0.39, 0.29) is 18.1 Å². The highest BCUT2D eigenvalue weighted by molar-refractivity contribution is 5.83. The number of amides is 1. The van der Waals surface area contributed by atoms with E-state index in [1.807, 2.05) is 6.92 Å². The molecule has 0 saturated carbocycles. The largest absolute Gasteiger partial charge is 0.325 e. The molecule has 0 bridgehead atoms. The molecule has 2 rings (SSSR count). The molecular weight excluding hydrogens is 214 g/mol. The molecule has 98 valence electrons. The molecule has 1 amide bonds. The van der Waals surface area contributed by atoms with Crippen LogP contribution in [-0.4, -0.2) is 54.6 Å². The molecule has 2 heterocycles. The third-order valence-electron chi connectivity index (χ3n) is 3.99. The van der Waals surface area contributed by atoms with E-state index >= 15 is 0 Å². The van der Waals surface area contributed by atoms with Gasteiger partial charge in [-0.2, -0.15) is 0 Å². The average Bonchev–Trinajstić information content (AvgIpc) is 2.77. The van der Waals surface area contributed by atoms with Crippen LogP contribution in [0.15, 0.2) is 0 Å². The van der Waals surface area contributed by atoms with Gasteiger partial charge in [-0.15, -0.1) is 0 Å². The van der Waals surface area contributed by atoms with Crippen molar-refractivity contribution in [2.75, 3.05) is 26.7 Å². The zero-order valence-corrected chi connectivity index (χ0v) is 11.4. The van der Waals surface area contributed by atoms with Gasteiger partial charge in [0.15, 0.2) is 0 Å². The van der Waals surface area contributed by atoms with Crippen LogP contribution in [0.1, 0.15) is 27.2 Å². The molecule has 3 atom stereocenters. The zero-order valence-electron chi connectivity index (χ0n) is 11.4. The van der Waals surface area contributed by atoms with Crippen LogP contribution in [0.25, 0.3) is 0 Å². The van der Waals surface area contributed by atoms with Gasteiger partial charge in [0.05, 0.1) is 12.2 Å². The lowest BCUT2D eigenvalue weighted by molar-refractivity contribution is -0.130. The Morgan fingerprint density at radius 3 is 2.71 bits per heavy atom. The minimum absolute atomic E-state index is 0.0125. The SMILES string of the molecule is CC1NC(C(C)C)N(CC2CCN(C)C2)C1=O. The monoisotopic (exact) mass is 239 g/mol. The number of carbonyl (C=O) groups excluding carboxylic acids is 1. The maximum absolute atomic E-state index is 12.1. The lowest BCUT2D eigenvalue weighted by atomic mass is 10.1. The summed E-state index contributed by atoms with van der Waals surface area (Å²) in [4.78, 5) is 16.6. The first-order chi connectivity index (χ1) is 7.99. The Morgan fingerprint density at radius 1 is 1.47 bits per heavy atom. The molecule has 0 aromatic heterocycles. The van der Waals surface area contributed by atoms with Crippen molar-refractivity contribution in [1.29, 1.82) is 0 Å². The van der Waals surface area contributed by atoms with Gasteiger partial charge in [0.1, 0.15) is 0 Å². The van der Waals surface area contributed by atoms with Crippen molar-refractivity contribution < 1.29 is 4.79 Å². The van der Waals surface area contributed by atoms with Gasteiger partial charge in [0.2, 0.25) is 5.91 Å². The molecule has 3 unspecified atom stereocenters. The molecule has 2 aliphatic rings. The van der Waals surface area contributed by atoms with E-state index in [1.54, 1.807) is 0 Å². The summed E-state index contributed by atoms with van der Waals surface area (Å²) in [6.07, 6.45) is 1.45. The summed E-state index contributed by atoms with van der Waals surface area (Å²) in [5.74, 6) is 1.40. The van der Waals surface area contributed by atoms with E-state index in [9.17, 15) is 4.79 Å². The van der Waals surface area contributed by atoms with Crippen molar-refractivity contribution in [1.82, 2.24) is 15.1 Å². The number of carbonyl (C=O) groups is 1. The first-order valence-corrected chi connectivity index (χ1v) is 6.74. The fourth-order valence-corrected chi connectivity index (χ4v) is 3.01. The van der Waals surface area contributed by atoms with Crippen molar-refractivity contribution in [3.63, 3.8) is 0 Å². The molecular formula is C13H25N3O. The van der Waals surface area contributed by atoms with Crippen LogP contribution >= 0.6 is 0 Å². The first-order valence-electron chi connectivity index (χ1n) is 6.74.